The van der Waals surface area contributed by atoms with Crippen molar-refractivity contribution in [3.05, 3.63) is 59.7 Å². The molecule has 3 rings (SSSR count). The molecular formula is C20H23NO3S. The van der Waals surface area contributed by atoms with Gasteiger partial charge in [-0.3, -0.25) is 0 Å². The minimum absolute atomic E-state index is 0.517. The van der Waals surface area contributed by atoms with Gasteiger partial charge in [-0.2, -0.15) is 0 Å². The zero-order valence-electron chi connectivity index (χ0n) is 14.4. The monoisotopic (exact) mass is 357 g/mol. The topological polar surface area (TPSA) is 30.9 Å². The summed E-state index contributed by atoms with van der Waals surface area (Å²) >= 11 is 5.58. The number of rotatable bonds is 6. The van der Waals surface area contributed by atoms with Crippen molar-refractivity contribution >= 4 is 17.2 Å². The van der Waals surface area contributed by atoms with Gasteiger partial charge < -0.3 is 19.1 Å². The van der Waals surface area contributed by atoms with E-state index in [1.165, 1.54) is 0 Å². The van der Waals surface area contributed by atoms with Gasteiger partial charge in [-0.15, -0.1) is 0 Å². The van der Waals surface area contributed by atoms with Crippen LogP contribution in [0.3, 0.4) is 0 Å². The van der Waals surface area contributed by atoms with Crippen LogP contribution in [0.4, 0.5) is 0 Å². The Morgan fingerprint density at radius 1 is 1.04 bits per heavy atom. The molecule has 0 bridgehead atoms. The molecule has 4 nitrogen and oxygen atoms in total. The number of morpholine rings is 1. The van der Waals surface area contributed by atoms with Gasteiger partial charge in [0.15, 0.2) is 11.5 Å². The van der Waals surface area contributed by atoms with Crippen molar-refractivity contribution in [2.75, 3.05) is 33.4 Å². The number of hydrogen-bond donors (Lipinski definition) is 0. The Labute approximate surface area is 154 Å². The first-order valence-electron chi connectivity index (χ1n) is 8.45. The Hall–Kier alpha value is -2.11. The molecule has 0 amide bonds. The van der Waals surface area contributed by atoms with E-state index in [9.17, 15) is 0 Å². The van der Waals surface area contributed by atoms with Crippen molar-refractivity contribution in [3.63, 3.8) is 0 Å². The minimum Gasteiger partial charge on any atom is -0.493 e. The third-order valence-electron chi connectivity index (χ3n) is 4.18. The Bertz CT molecular complexity index is 699. The van der Waals surface area contributed by atoms with Crippen LogP contribution in [0.1, 0.15) is 11.1 Å². The average molecular weight is 357 g/mol. The molecular weight excluding hydrogens is 334 g/mol. The zero-order chi connectivity index (χ0) is 17.5. The van der Waals surface area contributed by atoms with E-state index < -0.39 is 0 Å². The molecule has 0 N–H and O–H groups in total. The molecule has 0 radical (unpaired) electrons. The summed E-state index contributed by atoms with van der Waals surface area (Å²) in [4.78, 5) is 3.16. The summed E-state index contributed by atoms with van der Waals surface area (Å²) in [7, 11) is 1.66. The molecule has 2 aromatic carbocycles. The summed E-state index contributed by atoms with van der Waals surface area (Å²) in [6, 6.07) is 16.1. The maximum Gasteiger partial charge on any atom is 0.161 e. The Balaban J connectivity index is 1.63. The van der Waals surface area contributed by atoms with Crippen LogP contribution >= 0.6 is 12.2 Å². The molecule has 1 aliphatic rings. The van der Waals surface area contributed by atoms with Crippen LogP contribution in [0.25, 0.3) is 0 Å². The smallest absolute Gasteiger partial charge is 0.161 e. The van der Waals surface area contributed by atoms with E-state index in [2.05, 4.69) is 11.0 Å². The fraction of sp³-hybridized carbons (Fsp3) is 0.350. The van der Waals surface area contributed by atoms with Crippen molar-refractivity contribution in [3.8, 4) is 11.5 Å². The normalized spacial score (nSPS) is 14.2. The van der Waals surface area contributed by atoms with Crippen LogP contribution in [0.2, 0.25) is 0 Å². The molecule has 1 saturated heterocycles. The van der Waals surface area contributed by atoms with Crippen LogP contribution in [0, 0.1) is 0 Å². The van der Waals surface area contributed by atoms with Crippen molar-refractivity contribution in [2.24, 2.45) is 0 Å². The van der Waals surface area contributed by atoms with Gasteiger partial charge in [-0.1, -0.05) is 48.6 Å². The van der Waals surface area contributed by atoms with Crippen LogP contribution in [-0.4, -0.2) is 43.3 Å². The lowest BCUT2D eigenvalue weighted by Crippen LogP contribution is -2.40. The van der Waals surface area contributed by atoms with E-state index in [0.29, 0.717) is 6.61 Å². The van der Waals surface area contributed by atoms with Crippen molar-refractivity contribution in [1.29, 1.82) is 0 Å². The number of benzene rings is 2. The van der Waals surface area contributed by atoms with Crippen LogP contribution in [-0.2, 0) is 17.8 Å². The van der Waals surface area contributed by atoms with E-state index in [0.717, 1.165) is 60.3 Å². The van der Waals surface area contributed by atoms with E-state index >= 15 is 0 Å². The van der Waals surface area contributed by atoms with E-state index in [1.807, 2.05) is 42.5 Å². The maximum atomic E-state index is 5.91. The number of thiocarbonyl (C=S) groups is 1. The van der Waals surface area contributed by atoms with Gasteiger partial charge in [0.05, 0.1) is 25.3 Å². The molecule has 5 heteroatoms. The first-order chi connectivity index (χ1) is 12.3. The fourth-order valence-electron chi connectivity index (χ4n) is 2.78. The lowest BCUT2D eigenvalue weighted by molar-refractivity contribution is 0.0684. The van der Waals surface area contributed by atoms with Gasteiger partial charge in [-0.25, -0.2) is 0 Å². The highest BCUT2D eigenvalue weighted by Crippen LogP contribution is 2.29. The highest BCUT2D eigenvalue weighted by molar-refractivity contribution is 7.80. The van der Waals surface area contributed by atoms with Crippen molar-refractivity contribution < 1.29 is 14.2 Å². The first-order valence-corrected chi connectivity index (χ1v) is 8.86. The molecule has 0 saturated carbocycles. The Morgan fingerprint density at radius 2 is 1.80 bits per heavy atom. The number of nitrogens with zero attached hydrogens (tertiary/aromatic N) is 1. The average Bonchev–Trinajstić information content (AvgIpc) is 2.68. The van der Waals surface area contributed by atoms with E-state index in [4.69, 9.17) is 26.4 Å². The molecule has 0 unspecified atom stereocenters. The molecule has 25 heavy (non-hydrogen) atoms. The summed E-state index contributed by atoms with van der Waals surface area (Å²) in [5, 5.41) is 0. The standard InChI is InChI=1S/C20H23NO3S/c1-22-19-13-17(14-20(25)21-9-11-23-12-10-21)7-8-18(19)24-15-16-5-3-2-4-6-16/h2-8,13H,9-12,14-15H2,1H3. The van der Waals surface area contributed by atoms with Crippen LogP contribution in [0.5, 0.6) is 11.5 Å². The van der Waals surface area contributed by atoms with Gasteiger partial charge in [0.25, 0.3) is 0 Å². The number of hydrogen-bond acceptors (Lipinski definition) is 4. The van der Waals surface area contributed by atoms with Gasteiger partial charge in [0.1, 0.15) is 6.61 Å². The molecule has 0 aromatic heterocycles. The largest absolute Gasteiger partial charge is 0.493 e. The predicted octanol–water partition coefficient (Wildman–Crippen LogP) is 3.48. The van der Waals surface area contributed by atoms with Crippen LogP contribution in [0.15, 0.2) is 48.5 Å². The summed E-state index contributed by atoms with van der Waals surface area (Å²) in [6.45, 7) is 3.75. The maximum absolute atomic E-state index is 5.91. The summed E-state index contributed by atoms with van der Waals surface area (Å²) in [6.07, 6.45) is 0.727. The first kappa shape index (κ1) is 17.7. The third kappa shape index (κ3) is 4.94. The molecule has 132 valence electrons. The third-order valence-corrected chi connectivity index (χ3v) is 4.59. The SMILES string of the molecule is COc1cc(CC(=S)N2CCOCC2)ccc1OCc1ccccc1. The number of methoxy groups -OCH3 is 1. The fourth-order valence-corrected chi connectivity index (χ4v) is 3.12. The van der Waals surface area contributed by atoms with Gasteiger partial charge in [0, 0.05) is 19.5 Å². The highest BCUT2D eigenvalue weighted by Gasteiger charge is 2.15. The molecule has 2 aromatic rings. The number of ether oxygens (including phenoxy) is 3. The molecule has 0 aliphatic carbocycles. The second kappa shape index (κ2) is 8.83. The summed E-state index contributed by atoms with van der Waals surface area (Å²) in [5.74, 6) is 1.48. The zero-order valence-corrected chi connectivity index (χ0v) is 15.3. The molecule has 0 spiro atoms. The summed E-state index contributed by atoms with van der Waals surface area (Å²) in [5.41, 5.74) is 2.25. The van der Waals surface area contributed by atoms with Crippen molar-refractivity contribution in [1.82, 2.24) is 4.90 Å². The molecule has 1 heterocycles. The minimum atomic E-state index is 0.517. The lowest BCUT2D eigenvalue weighted by Gasteiger charge is -2.29. The van der Waals surface area contributed by atoms with Crippen LogP contribution < -0.4 is 9.47 Å². The Kier molecular flexibility index (Phi) is 6.25. The second-order valence-corrected chi connectivity index (χ2v) is 6.40. The van der Waals surface area contributed by atoms with Gasteiger partial charge >= 0.3 is 0 Å². The summed E-state index contributed by atoms with van der Waals surface area (Å²) < 4.78 is 16.8. The quantitative estimate of drug-likeness (QED) is 0.739. The second-order valence-electron chi connectivity index (χ2n) is 5.93. The molecule has 0 atom stereocenters. The molecule has 1 aliphatic heterocycles. The Morgan fingerprint density at radius 3 is 2.52 bits per heavy atom. The van der Waals surface area contributed by atoms with Gasteiger partial charge in [-0.05, 0) is 23.3 Å². The molecule has 1 fully saturated rings. The van der Waals surface area contributed by atoms with Crippen molar-refractivity contribution in [2.45, 2.75) is 13.0 Å². The lowest BCUT2D eigenvalue weighted by atomic mass is 10.1. The van der Waals surface area contributed by atoms with E-state index in [-0.39, 0.29) is 0 Å². The predicted molar refractivity (Wildman–Crippen MR) is 102 cm³/mol. The van der Waals surface area contributed by atoms with E-state index in [1.54, 1.807) is 7.11 Å². The highest BCUT2D eigenvalue weighted by atomic mass is 32.1. The van der Waals surface area contributed by atoms with Gasteiger partial charge in [0.2, 0.25) is 0 Å².